The normalized spacial score (nSPS) is 23.1. The predicted octanol–water partition coefficient (Wildman–Crippen LogP) is 2.66. The summed E-state index contributed by atoms with van der Waals surface area (Å²) < 4.78 is 0. The van der Waals surface area contributed by atoms with E-state index in [0.717, 1.165) is 43.5 Å². The van der Waals surface area contributed by atoms with E-state index in [2.05, 4.69) is 5.32 Å². The first-order chi connectivity index (χ1) is 9.06. The van der Waals surface area contributed by atoms with Crippen molar-refractivity contribution in [3.63, 3.8) is 0 Å². The molecule has 0 bridgehead atoms. The molecule has 1 aliphatic rings. The smallest absolute Gasteiger partial charge is 0.335 e. The number of hydrogen-bond donors (Lipinski definition) is 3. The second kappa shape index (κ2) is 6.06. The van der Waals surface area contributed by atoms with Crippen LogP contribution in [-0.4, -0.2) is 28.8 Å². The number of carbonyl (C=O) groups is 1. The molecule has 4 nitrogen and oxygen atoms in total. The first-order valence-electron chi connectivity index (χ1n) is 6.82. The summed E-state index contributed by atoms with van der Waals surface area (Å²) in [4.78, 5) is 10.9. The second-order valence-corrected chi connectivity index (χ2v) is 5.40. The molecule has 0 saturated heterocycles. The van der Waals surface area contributed by atoms with Crippen molar-refractivity contribution in [2.24, 2.45) is 5.92 Å². The minimum atomic E-state index is -0.898. The van der Waals surface area contributed by atoms with Crippen LogP contribution in [0.2, 0.25) is 0 Å². The van der Waals surface area contributed by atoms with E-state index in [-0.39, 0.29) is 6.10 Å². The van der Waals surface area contributed by atoms with E-state index in [1.165, 1.54) is 0 Å². The first-order valence-corrected chi connectivity index (χ1v) is 6.82. The molecular weight excluding hydrogens is 242 g/mol. The Morgan fingerprint density at radius 3 is 2.84 bits per heavy atom. The van der Waals surface area contributed by atoms with E-state index in [9.17, 15) is 9.90 Å². The Morgan fingerprint density at radius 1 is 1.42 bits per heavy atom. The van der Waals surface area contributed by atoms with Gasteiger partial charge in [0.15, 0.2) is 0 Å². The van der Waals surface area contributed by atoms with E-state index in [4.69, 9.17) is 5.11 Å². The topological polar surface area (TPSA) is 69.6 Å². The summed E-state index contributed by atoms with van der Waals surface area (Å²) in [6.07, 6.45) is 3.86. The van der Waals surface area contributed by atoms with Crippen molar-refractivity contribution in [3.8, 4) is 0 Å². The summed E-state index contributed by atoms with van der Waals surface area (Å²) in [5.41, 5.74) is 2.23. The zero-order valence-electron chi connectivity index (χ0n) is 11.2. The summed E-state index contributed by atoms with van der Waals surface area (Å²) in [6.45, 7) is 2.74. The molecule has 104 valence electrons. The van der Waals surface area contributed by atoms with Crippen molar-refractivity contribution >= 4 is 11.7 Å². The Hall–Kier alpha value is -1.55. The lowest BCUT2D eigenvalue weighted by Gasteiger charge is -2.26. The molecule has 0 radical (unpaired) electrons. The molecule has 2 rings (SSSR count). The number of carboxylic acids is 1. The Bertz CT molecular complexity index is 459. The molecule has 1 saturated carbocycles. The van der Waals surface area contributed by atoms with Crippen molar-refractivity contribution < 1.29 is 15.0 Å². The molecule has 19 heavy (non-hydrogen) atoms. The van der Waals surface area contributed by atoms with Crippen LogP contribution in [0, 0.1) is 12.8 Å². The quantitative estimate of drug-likeness (QED) is 0.781. The SMILES string of the molecule is Cc1cc(C(=O)O)ccc1NCC1CCCC(O)C1. The highest BCUT2D eigenvalue weighted by Gasteiger charge is 2.19. The van der Waals surface area contributed by atoms with E-state index in [1.54, 1.807) is 12.1 Å². The van der Waals surface area contributed by atoms with E-state index < -0.39 is 5.97 Å². The molecule has 0 spiro atoms. The highest BCUT2D eigenvalue weighted by molar-refractivity contribution is 5.88. The van der Waals surface area contributed by atoms with Crippen LogP contribution in [-0.2, 0) is 0 Å². The summed E-state index contributed by atoms with van der Waals surface area (Å²) >= 11 is 0. The molecule has 1 aromatic carbocycles. The van der Waals surface area contributed by atoms with Gasteiger partial charge in [-0.15, -0.1) is 0 Å². The molecule has 2 atom stereocenters. The number of rotatable bonds is 4. The molecule has 0 aliphatic heterocycles. The van der Waals surface area contributed by atoms with Crippen molar-refractivity contribution in [1.82, 2.24) is 0 Å². The standard InChI is InChI=1S/C15H21NO3/c1-10-7-12(15(18)19)5-6-14(10)16-9-11-3-2-4-13(17)8-11/h5-7,11,13,16-17H,2-4,8-9H2,1H3,(H,18,19). The number of aromatic carboxylic acids is 1. The molecule has 1 aromatic rings. The third kappa shape index (κ3) is 3.70. The van der Waals surface area contributed by atoms with Crippen molar-refractivity contribution in [2.75, 3.05) is 11.9 Å². The zero-order chi connectivity index (χ0) is 13.8. The number of aliphatic hydroxyl groups is 1. The van der Waals surface area contributed by atoms with Gasteiger partial charge in [-0.1, -0.05) is 6.42 Å². The fourth-order valence-corrected chi connectivity index (χ4v) is 2.70. The average Bonchev–Trinajstić information content (AvgIpc) is 2.37. The largest absolute Gasteiger partial charge is 0.478 e. The van der Waals surface area contributed by atoms with E-state index >= 15 is 0 Å². The van der Waals surface area contributed by atoms with Gasteiger partial charge in [0.1, 0.15) is 0 Å². The van der Waals surface area contributed by atoms with Crippen LogP contribution in [0.25, 0.3) is 0 Å². The minimum Gasteiger partial charge on any atom is -0.478 e. The molecule has 0 aromatic heterocycles. The summed E-state index contributed by atoms with van der Waals surface area (Å²) in [7, 11) is 0. The molecule has 1 fully saturated rings. The lowest BCUT2D eigenvalue weighted by atomic mass is 9.87. The average molecular weight is 263 g/mol. The lowest BCUT2D eigenvalue weighted by Crippen LogP contribution is -2.25. The van der Waals surface area contributed by atoms with Gasteiger partial charge >= 0.3 is 5.97 Å². The Balaban J connectivity index is 1.94. The van der Waals surface area contributed by atoms with Crippen molar-refractivity contribution in [3.05, 3.63) is 29.3 Å². The van der Waals surface area contributed by atoms with Gasteiger partial charge in [-0.25, -0.2) is 4.79 Å². The Labute approximate surface area is 113 Å². The lowest BCUT2D eigenvalue weighted by molar-refractivity contribution is 0.0696. The zero-order valence-corrected chi connectivity index (χ0v) is 11.2. The summed E-state index contributed by atoms with van der Waals surface area (Å²) in [5, 5.41) is 21.9. The highest BCUT2D eigenvalue weighted by Crippen LogP contribution is 2.25. The number of aryl methyl sites for hydroxylation is 1. The van der Waals surface area contributed by atoms with Crippen LogP contribution in [0.3, 0.4) is 0 Å². The molecule has 4 heteroatoms. The minimum absolute atomic E-state index is 0.156. The number of nitrogens with one attached hydrogen (secondary N) is 1. The maximum Gasteiger partial charge on any atom is 0.335 e. The first kappa shape index (κ1) is 13.9. The Morgan fingerprint density at radius 2 is 2.21 bits per heavy atom. The number of benzene rings is 1. The number of aliphatic hydroxyl groups excluding tert-OH is 1. The predicted molar refractivity (Wildman–Crippen MR) is 74.6 cm³/mol. The van der Waals surface area contributed by atoms with E-state index in [1.807, 2.05) is 13.0 Å². The molecule has 3 N–H and O–H groups in total. The second-order valence-electron chi connectivity index (χ2n) is 5.40. The van der Waals surface area contributed by atoms with Gasteiger partial charge in [-0.05, 0) is 55.9 Å². The monoisotopic (exact) mass is 263 g/mol. The van der Waals surface area contributed by atoms with E-state index in [0.29, 0.717) is 11.5 Å². The molecular formula is C15H21NO3. The molecule has 2 unspecified atom stereocenters. The van der Waals surface area contributed by atoms with Gasteiger partial charge in [-0.2, -0.15) is 0 Å². The van der Waals surface area contributed by atoms with Crippen LogP contribution in [0.1, 0.15) is 41.6 Å². The summed E-state index contributed by atoms with van der Waals surface area (Å²) in [5.74, 6) is -0.396. The third-order valence-electron chi connectivity index (χ3n) is 3.81. The number of anilines is 1. The Kier molecular flexibility index (Phi) is 4.43. The molecule has 0 amide bonds. The van der Waals surface area contributed by atoms with Gasteiger partial charge in [0.25, 0.3) is 0 Å². The van der Waals surface area contributed by atoms with Crippen LogP contribution in [0.15, 0.2) is 18.2 Å². The van der Waals surface area contributed by atoms with Crippen LogP contribution < -0.4 is 5.32 Å². The van der Waals surface area contributed by atoms with Gasteiger partial charge in [0.05, 0.1) is 11.7 Å². The van der Waals surface area contributed by atoms with Gasteiger partial charge in [-0.3, -0.25) is 0 Å². The summed E-state index contributed by atoms with van der Waals surface area (Å²) in [6, 6.07) is 5.12. The fraction of sp³-hybridized carbons (Fsp3) is 0.533. The van der Waals surface area contributed by atoms with Crippen molar-refractivity contribution in [2.45, 2.75) is 38.7 Å². The molecule has 0 heterocycles. The van der Waals surface area contributed by atoms with Crippen LogP contribution >= 0.6 is 0 Å². The van der Waals surface area contributed by atoms with Crippen LogP contribution in [0.5, 0.6) is 0 Å². The fourth-order valence-electron chi connectivity index (χ4n) is 2.70. The van der Waals surface area contributed by atoms with Crippen molar-refractivity contribution in [1.29, 1.82) is 0 Å². The number of hydrogen-bond acceptors (Lipinski definition) is 3. The maximum absolute atomic E-state index is 10.9. The van der Waals surface area contributed by atoms with Gasteiger partial charge in [0.2, 0.25) is 0 Å². The van der Waals surface area contributed by atoms with Gasteiger partial charge < -0.3 is 15.5 Å². The third-order valence-corrected chi connectivity index (χ3v) is 3.81. The van der Waals surface area contributed by atoms with Crippen LogP contribution in [0.4, 0.5) is 5.69 Å². The number of carboxylic acid groups (broad SMARTS) is 1. The van der Waals surface area contributed by atoms with Gasteiger partial charge in [0, 0.05) is 12.2 Å². The molecule has 1 aliphatic carbocycles. The maximum atomic E-state index is 10.9. The highest BCUT2D eigenvalue weighted by atomic mass is 16.4.